The summed E-state index contributed by atoms with van der Waals surface area (Å²) in [5, 5.41) is 4.16. The topological polar surface area (TPSA) is 67.2 Å². The summed E-state index contributed by atoms with van der Waals surface area (Å²) in [5.41, 5.74) is 5.96. The zero-order chi connectivity index (χ0) is 16.8. The first-order chi connectivity index (χ1) is 11.7. The molecule has 124 valence electrons. The summed E-state index contributed by atoms with van der Waals surface area (Å²) >= 11 is 0. The van der Waals surface area contributed by atoms with Gasteiger partial charge in [0, 0.05) is 12.4 Å². The van der Waals surface area contributed by atoms with E-state index in [0.717, 1.165) is 11.3 Å². The molecular formula is C19H22N4O. The van der Waals surface area contributed by atoms with Gasteiger partial charge in [-0.1, -0.05) is 43.5 Å². The van der Waals surface area contributed by atoms with E-state index in [4.69, 9.17) is 0 Å². The Kier molecular flexibility index (Phi) is 5.31. The van der Waals surface area contributed by atoms with E-state index < -0.39 is 0 Å². The molecule has 1 aliphatic carbocycles. The van der Waals surface area contributed by atoms with Crippen molar-refractivity contribution >= 4 is 11.6 Å². The number of rotatable bonds is 4. The van der Waals surface area contributed by atoms with Gasteiger partial charge in [0.15, 0.2) is 0 Å². The number of hydrazone groups is 1. The van der Waals surface area contributed by atoms with E-state index in [0.29, 0.717) is 5.92 Å². The molecule has 0 bridgehead atoms. The average Bonchev–Trinajstić information content (AvgIpc) is 2.67. The molecule has 1 heterocycles. The van der Waals surface area contributed by atoms with Crippen LogP contribution in [-0.2, 0) is 0 Å². The van der Waals surface area contributed by atoms with E-state index >= 15 is 0 Å². The van der Waals surface area contributed by atoms with Crippen molar-refractivity contribution in [3.63, 3.8) is 0 Å². The predicted octanol–water partition coefficient (Wildman–Crippen LogP) is 3.68. The molecule has 24 heavy (non-hydrogen) atoms. The molecule has 0 spiro atoms. The van der Waals surface area contributed by atoms with Gasteiger partial charge < -0.3 is 0 Å². The summed E-state index contributed by atoms with van der Waals surface area (Å²) in [7, 11) is 0. The van der Waals surface area contributed by atoms with Gasteiger partial charge >= 0.3 is 0 Å². The summed E-state index contributed by atoms with van der Waals surface area (Å²) in [5.74, 6) is 0.336. The number of carbonyl (C=O) groups excluding carboxylic acids is 1. The van der Waals surface area contributed by atoms with Crippen molar-refractivity contribution in [3.05, 3.63) is 59.7 Å². The molecule has 1 N–H and O–H groups in total. The molecular weight excluding hydrogens is 300 g/mol. The van der Waals surface area contributed by atoms with Gasteiger partial charge in [-0.25, -0.2) is 10.4 Å². The number of nitrogens with zero attached hydrogens (tertiary/aromatic N) is 3. The summed E-state index contributed by atoms with van der Waals surface area (Å²) < 4.78 is 0. The minimum atomic E-state index is -0.360. The molecule has 2 aromatic rings. The second kappa shape index (κ2) is 7.81. The summed E-state index contributed by atoms with van der Waals surface area (Å²) in [4.78, 5) is 19.7. The molecule has 1 amide bonds. The highest BCUT2D eigenvalue weighted by Crippen LogP contribution is 2.32. The third kappa shape index (κ3) is 4.04. The number of aromatic nitrogens is 2. The number of hydrogen-bond donors (Lipinski definition) is 1. The van der Waals surface area contributed by atoms with Gasteiger partial charge in [0.1, 0.15) is 5.69 Å². The number of hydrogen-bond acceptors (Lipinski definition) is 4. The number of benzene rings is 1. The number of amides is 1. The molecule has 5 nitrogen and oxygen atoms in total. The fourth-order valence-electron chi connectivity index (χ4n) is 3.11. The highest BCUT2D eigenvalue weighted by atomic mass is 16.2. The van der Waals surface area contributed by atoms with Crippen molar-refractivity contribution in [1.82, 2.24) is 15.4 Å². The quantitative estimate of drug-likeness (QED) is 0.689. The molecule has 0 radical (unpaired) electrons. The van der Waals surface area contributed by atoms with Gasteiger partial charge in [0.05, 0.1) is 11.9 Å². The van der Waals surface area contributed by atoms with Crippen molar-refractivity contribution in [1.29, 1.82) is 0 Å². The maximum absolute atomic E-state index is 11.9. The van der Waals surface area contributed by atoms with Crippen LogP contribution in [0.2, 0.25) is 0 Å². The lowest BCUT2D eigenvalue weighted by molar-refractivity contribution is 0.0949. The second-order valence-electron chi connectivity index (χ2n) is 6.19. The van der Waals surface area contributed by atoms with E-state index in [2.05, 4.69) is 44.8 Å². The first kappa shape index (κ1) is 16.3. The Morgan fingerprint density at radius 1 is 1.12 bits per heavy atom. The molecule has 1 aliphatic rings. The molecule has 1 aromatic carbocycles. The van der Waals surface area contributed by atoms with Crippen LogP contribution >= 0.6 is 0 Å². The molecule has 1 aromatic heterocycles. The van der Waals surface area contributed by atoms with Gasteiger partial charge in [-0.15, -0.1) is 0 Å². The standard InChI is InChI=1S/C19H22N4O/c1-14(22-23-19(24)18-13-20-11-12-21-18)15-7-9-17(10-8-15)16-5-3-2-4-6-16/h7-13,16H,2-6H2,1H3,(H,23,24)/b22-14+. The van der Waals surface area contributed by atoms with Crippen LogP contribution in [0.1, 0.15) is 66.6 Å². The maximum Gasteiger partial charge on any atom is 0.291 e. The van der Waals surface area contributed by atoms with E-state index in [9.17, 15) is 4.79 Å². The lowest BCUT2D eigenvalue weighted by Gasteiger charge is -2.22. The molecule has 5 heteroatoms. The maximum atomic E-state index is 11.9. The third-order valence-electron chi connectivity index (χ3n) is 4.53. The highest BCUT2D eigenvalue weighted by Gasteiger charge is 2.15. The molecule has 1 saturated carbocycles. The van der Waals surface area contributed by atoms with Gasteiger partial charge in [-0.3, -0.25) is 9.78 Å². The van der Waals surface area contributed by atoms with Crippen LogP contribution in [0.15, 0.2) is 48.0 Å². The van der Waals surface area contributed by atoms with Gasteiger partial charge in [0.25, 0.3) is 5.91 Å². The lowest BCUT2D eigenvalue weighted by Crippen LogP contribution is -2.20. The second-order valence-corrected chi connectivity index (χ2v) is 6.19. The Morgan fingerprint density at radius 3 is 2.54 bits per heavy atom. The Bertz CT molecular complexity index is 704. The zero-order valence-corrected chi connectivity index (χ0v) is 13.9. The summed E-state index contributed by atoms with van der Waals surface area (Å²) in [6, 6.07) is 8.54. The predicted molar refractivity (Wildman–Crippen MR) is 94.0 cm³/mol. The van der Waals surface area contributed by atoms with Crippen LogP contribution in [0.3, 0.4) is 0 Å². The fourth-order valence-corrected chi connectivity index (χ4v) is 3.11. The van der Waals surface area contributed by atoms with E-state index in [1.165, 1.54) is 56.3 Å². The monoisotopic (exact) mass is 322 g/mol. The Balaban J connectivity index is 1.64. The van der Waals surface area contributed by atoms with E-state index in [1.54, 1.807) is 0 Å². The average molecular weight is 322 g/mol. The highest BCUT2D eigenvalue weighted by molar-refractivity contribution is 6.00. The normalized spacial score (nSPS) is 16.0. The SMILES string of the molecule is C/C(=N\NC(=O)c1cnccn1)c1ccc(C2CCCCC2)cc1. The minimum absolute atomic E-state index is 0.252. The minimum Gasteiger partial charge on any atom is -0.265 e. The van der Waals surface area contributed by atoms with Gasteiger partial charge in [0.2, 0.25) is 0 Å². The fraction of sp³-hybridized carbons (Fsp3) is 0.368. The Morgan fingerprint density at radius 2 is 1.88 bits per heavy atom. The largest absolute Gasteiger partial charge is 0.291 e. The molecule has 0 aliphatic heterocycles. The van der Waals surface area contributed by atoms with Crippen molar-refractivity contribution in [3.8, 4) is 0 Å². The van der Waals surface area contributed by atoms with Crippen LogP contribution in [0.25, 0.3) is 0 Å². The number of nitrogens with one attached hydrogen (secondary N) is 1. The van der Waals surface area contributed by atoms with Crippen LogP contribution < -0.4 is 5.43 Å². The van der Waals surface area contributed by atoms with Gasteiger partial charge in [-0.2, -0.15) is 5.10 Å². The first-order valence-electron chi connectivity index (χ1n) is 8.45. The lowest BCUT2D eigenvalue weighted by atomic mass is 9.84. The number of carbonyl (C=O) groups is 1. The summed E-state index contributed by atoms with van der Waals surface area (Å²) in [6.07, 6.45) is 11.0. The van der Waals surface area contributed by atoms with Crippen molar-refractivity contribution in [2.45, 2.75) is 44.9 Å². The zero-order valence-electron chi connectivity index (χ0n) is 13.9. The van der Waals surface area contributed by atoms with Crippen LogP contribution in [0.5, 0.6) is 0 Å². The third-order valence-corrected chi connectivity index (χ3v) is 4.53. The van der Waals surface area contributed by atoms with E-state index in [-0.39, 0.29) is 11.6 Å². The van der Waals surface area contributed by atoms with Gasteiger partial charge in [-0.05, 0) is 36.8 Å². The Hall–Kier alpha value is -2.56. The van der Waals surface area contributed by atoms with Crippen LogP contribution in [0, 0.1) is 0 Å². The van der Waals surface area contributed by atoms with Crippen molar-refractivity contribution in [2.75, 3.05) is 0 Å². The smallest absolute Gasteiger partial charge is 0.265 e. The molecule has 3 rings (SSSR count). The van der Waals surface area contributed by atoms with Crippen molar-refractivity contribution in [2.24, 2.45) is 5.10 Å². The molecule has 0 atom stereocenters. The molecule has 1 fully saturated rings. The van der Waals surface area contributed by atoms with Crippen molar-refractivity contribution < 1.29 is 4.79 Å². The summed E-state index contributed by atoms with van der Waals surface area (Å²) in [6.45, 7) is 1.88. The Labute approximate surface area is 142 Å². The molecule has 0 unspecified atom stereocenters. The van der Waals surface area contributed by atoms with Crippen LogP contribution in [0.4, 0.5) is 0 Å². The van der Waals surface area contributed by atoms with Crippen LogP contribution in [-0.4, -0.2) is 21.6 Å². The first-order valence-corrected chi connectivity index (χ1v) is 8.45. The van der Waals surface area contributed by atoms with E-state index in [1.807, 2.05) is 6.92 Å². The molecule has 0 saturated heterocycles.